The summed E-state index contributed by atoms with van der Waals surface area (Å²) in [5.74, 6) is -2.08. The molecule has 1 rings (SSSR count). The Kier molecular flexibility index (Phi) is 4.53. The first-order valence-corrected chi connectivity index (χ1v) is 5.48. The fourth-order valence-corrected chi connectivity index (χ4v) is 1.45. The number of anilines is 1. The van der Waals surface area contributed by atoms with Gasteiger partial charge < -0.3 is 20.7 Å². The van der Waals surface area contributed by atoms with Crippen molar-refractivity contribution in [1.29, 1.82) is 0 Å². The number of carbonyl (C=O) groups is 2. The fourth-order valence-electron chi connectivity index (χ4n) is 1.45. The molecule has 0 radical (unpaired) electrons. The van der Waals surface area contributed by atoms with Gasteiger partial charge in [0, 0.05) is 5.69 Å². The molecule has 0 amide bonds. The summed E-state index contributed by atoms with van der Waals surface area (Å²) in [5.41, 5.74) is 5.49. The lowest BCUT2D eigenvalue weighted by Gasteiger charge is -2.15. The van der Waals surface area contributed by atoms with Gasteiger partial charge in [-0.05, 0) is 24.6 Å². The highest BCUT2D eigenvalue weighted by molar-refractivity contribution is 5.94. The summed E-state index contributed by atoms with van der Waals surface area (Å²) in [6.07, 6.45) is 0.0140. The highest BCUT2D eigenvalue weighted by atomic mass is 16.5. The van der Waals surface area contributed by atoms with Crippen LogP contribution in [0.1, 0.15) is 30.1 Å². The third-order valence-electron chi connectivity index (χ3n) is 2.36. The van der Waals surface area contributed by atoms with E-state index in [-0.39, 0.29) is 17.0 Å². The van der Waals surface area contributed by atoms with E-state index in [1.54, 1.807) is 0 Å². The van der Waals surface area contributed by atoms with Crippen molar-refractivity contribution in [2.75, 3.05) is 5.73 Å². The van der Waals surface area contributed by atoms with Crippen molar-refractivity contribution < 1.29 is 24.5 Å². The van der Waals surface area contributed by atoms with Gasteiger partial charge in [-0.15, -0.1) is 0 Å². The topological polar surface area (TPSA) is 110 Å². The Bertz CT molecular complexity index is 458. The first-order chi connectivity index (χ1) is 8.45. The largest absolute Gasteiger partial charge is 0.479 e. The van der Waals surface area contributed by atoms with E-state index in [9.17, 15) is 9.59 Å². The van der Waals surface area contributed by atoms with Crippen LogP contribution in [0.3, 0.4) is 0 Å². The minimum atomic E-state index is -1.18. The molecule has 0 saturated heterocycles. The zero-order valence-electron chi connectivity index (χ0n) is 9.92. The maximum atomic E-state index is 10.9. The number of nitrogens with two attached hydrogens (primary N) is 1. The summed E-state index contributed by atoms with van der Waals surface area (Å²) in [6, 6.07) is 4.06. The van der Waals surface area contributed by atoms with Gasteiger partial charge >= 0.3 is 11.9 Å². The van der Waals surface area contributed by atoms with E-state index in [0.29, 0.717) is 12.8 Å². The number of aromatic carboxylic acids is 1. The summed E-state index contributed by atoms with van der Waals surface area (Å²) in [7, 11) is 0. The molecule has 98 valence electrons. The molecule has 0 aliphatic heterocycles. The fraction of sp³-hybridized carbons (Fsp3) is 0.333. The highest BCUT2D eigenvalue weighted by Crippen LogP contribution is 2.21. The molecular weight excluding hydrogens is 238 g/mol. The Hall–Kier alpha value is -2.24. The average Bonchev–Trinajstić information content (AvgIpc) is 2.30. The molecule has 1 aromatic rings. The molecule has 0 aromatic heterocycles. The van der Waals surface area contributed by atoms with Crippen LogP contribution in [0.2, 0.25) is 0 Å². The summed E-state index contributed by atoms with van der Waals surface area (Å²) >= 11 is 0. The van der Waals surface area contributed by atoms with E-state index in [2.05, 4.69) is 0 Å². The van der Waals surface area contributed by atoms with Gasteiger partial charge in [-0.3, -0.25) is 0 Å². The second kappa shape index (κ2) is 5.90. The van der Waals surface area contributed by atoms with Gasteiger partial charge in [0.25, 0.3) is 0 Å². The normalized spacial score (nSPS) is 11.8. The van der Waals surface area contributed by atoms with E-state index in [4.69, 9.17) is 20.7 Å². The minimum absolute atomic E-state index is 0.104. The Balaban J connectivity index is 2.93. The van der Waals surface area contributed by atoms with Gasteiger partial charge in [-0.25, -0.2) is 9.59 Å². The maximum absolute atomic E-state index is 10.9. The number of hydrogen-bond donors (Lipinski definition) is 3. The van der Waals surface area contributed by atoms with Crippen molar-refractivity contribution in [2.45, 2.75) is 25.9 Å². The van der Waals surface area contributed by atoms with Crippen LogP contribution in [0, 0.1) is 0 Å². The Morgan fingerprint density at radius 3 is 2.56 bits per heavy atom. The first-order valence-electron chi connectivity index (χ1n) is 5.48. The second-order valence-electron chi connectivity index (χ2n) is 3.79. The first kappa shape index (κ1) is 13.8. The third kappa shape index (κ3) is 3.38. The standard InChI is InChI=1S/C12H15NO5/c1-2-3-10(12(16)17)18-7-4-5-9(13)8(6-7)11(14)15/h4-6,10H,2-3,13H2,1H3,(H,14,15)(H,16,17). The van der Waals surface area contributed by atoms with Gasteiger partial charge in [0.15, 0.2) is 6.10 Å². The molecule has 1 aromatic carbocycles. The molecule has 4 N–H and O–H groups in total. The van der Waals surface area contributed by atoms with E-state index in [1.165, 1.54) is 18.2 Å². The monoisotopic (exact) mass is 253 g/mol. The van der Waals surface area contributed by atoms with Crippen LogP contribution >= 0.6 is 0 Å². The third-order valence-corrected chi connectivity index (χ3v) is 2.36. The lowest BCUT2D eigenvalue weighted by Crippen LogP contribution is -2.26. The molecule has 0 heterocycles. The number of ether oxygens (including phenoxy) is 1. The number of benzene rings is 1. The van der Waals surface area contributed by atoms with Crippen LogP contribution in [0.5, 0.6) is 5.75 Å². The van der Waals surface area contributed by atoms with Crippen LogP contribution in [-0.4, -0.2) is 28.3 Å². The summed E-state index contributed by atoms with van der Waals surface area (Å²) < 4.78 is 5.24. The molecule has 0 spiro atoms. The van der Waals surface area contributed by atoms with E-state index >= 15 is 0 Å². The average molecular weight is 253 g/mol. The lowest BCUT2D eigenvalue weighted by atomic mass is 10.1. The van der Waals surface area contributed by atoms with Crippen LogP contribution in [0.15, 0.2) is 18.2 Å². The van der Waals surface area contributed by atoms with Gasteiger partial charge in [-0.2, -0.15) is 0 Å². The minimum Gasteiger partial charge on any atom is -0.479 e. The van der Waals surface area contributed by atoms with Crippen LogP contribution < -0.4 is 10.5 Å². The molecule has 0 aliphatic rings. The molecule has 18 heavy (non-hydrogen) atoms. The van der Waals surface area contributed by atoms with Crippen molar-refractivity contribution in [3.05, 3.63) is 23.8 Å². The van der Waals surface area contributed by atoms with Crippen LogP contribution in [0.25, 0.3) is 0 Å². The molecule has 6 heteroatoms. The summed E-state index contributed by atoms with van der Waals surface area (Å²) in [5, 5.41) is 17.8. The van der Waals surface area contributed by atoms with Crippen molar-refractivity contribution >= 4 is 17.6 Å². The number of rotatable bonds is 6. The predicted molar refractivity (Wildman–Crippen MR) is 64.8 cm³/mol. The Labute approximate surface area is 104 Å². The van der Waals surface area contributed by atoms with Crippen LogP contribution in [-0.2, 0) is 4.79 Å². The SMILES string of the molecule is CCCC(Oc1ccc(N)c(C(=O)O)c1)C(=O)O. The number of nitrogen functional groups attached to an aromatic ring is 1. The van der Waals surface area contributed by atoms with E-state index in [0.717, 1.165) is 0 Å². The number of aliphatic carboxylic acids is 1. The highest BCUT2D eigenvalue weighted by Gasteiger charge is 2.19. The van der Waals surface area contributed by atoms with Crippen LogP contribution in [0.4, 0.5) is 5.69 Å². The molecule has 0 aliphatic carbocycles. The maximum Gasteiger partial charge on any atom is 0.344 e. The second-order valence-corrected chi connectivity index (χ2v) is 3.79. The zero-order valence-corrected chi connectivity index (χ0v) is 9.92. The molecule has 6 nitrogen and oxygen atoms in total. The van der Waals surface area contributed by atoms with Gasteiger partial charge in [0.1, 0.15) is 5.75 Å². The van der Waals surface area contributed by atoms with E-state index in [1.807, 2.05) is 6.92 Å². The number of carboxylic acids is 2. The van der Waals surface area contributed by atoms with Gasteiger partial charge in [0.2, 0.25) is 0 Å². The molecule has 0 fully saturated rings. The van der Waals surface area contributed by atoms with Gasteiger partial charge in [-0.1, -0.05) is 13.3 Å². The molecule has 0 saturated carbocycles. The van der Waals surface area contributed by atoms with E-state index < -0.39 is 18.0 Å². The number of hydrogen-bond acceptors (Lipinski definition) is 4. The molecule has 0 bridgehead atoms. The van der Waals surface area contributed by atoms with Crippen molar-refractivity contribution in [1.82, 2.24) is 0 Å². The van der Waals surface area contributed by atoms with Crippen molar-refractivity contribution in [3.8, 4) is 5.75 Å². The van der Waals surface area contributed by atoms with Crippen molar-refractivity contribution in [2.24, 2.45) is 0 Å². The molecular formula is C12H15NO5. The predicted octanol–water partition coefficient (Wildman–Crippen LogP) is 1.60. The smallest absolute Gasteiger partial charge is 0.344 e. The summed E-state index contributed by atoms with van der Waals surface area (Å²) in [4.78, 5) is 21.8. The quantitative estimate of drug-likeness (QED) is 0.664. The number of carboxylic acid groups (broad SMARTS) is 2. The molecule has 1 atom stereocenters. The summed E-state index contributed by atoms with van der Waals surface area (Å²) in [6.45, 7) is 1.84. The Morgan fingerprint density at radius 1 is 1.39 bits per heavy atom. The Morgan fingerprint density at radius 2 is 2.06 bits per heavy atom. The zero-order chi connectivity index (χ0) is 13.7. The van der Waals surface area contributed by atoms with Gasteiger partial charge in [0.05, 0.1) is 5.56 Å². The van der Waals surface area contributed by atoms with Crippen molar-refractivity contribution in [3.63, 3.8) is 0 Å². The molecule has 1 unspecified atom stereocenters. The lowest BCUT2D eigenvalue weighted by molar-refractivity contribution is -0.145.